The molecule has 1 heterocycles. The number of nitrogens with one attached hydrogen (secondary N) is 1. The number of rotatable bonds is 8. The number of hydrogen-bond donors (Lipinski definition) is 1. The maximum Gasteiger partial charge on any atom is 0.278 e. The second-order valence-corrected chi connectivity index (χ2v) is 5.84. The van der Waals surface area contributed by atoms with Crippen molar-refractivity contribution < 1.29 is 19.0 Å². The Labute approximate surface area is 163 Å². The standard InChI is InChI=1S/C20H22N4O4/c1-4-28-17-9-5-14(6-10-17)21-20(25)19-18(13-26-2)24(23-22-19)15-7-11-16(27-3)12-8-15/h5-12H,4,13H2,1-3H3,(H,21,25). The van der Waals surface area contributed by atoms with Crippen LogP contribution in [-0.2, 0) is 11.3 Å². The summed E-state index contributed by atoms with van der Waals surface area (Å²) in [5, 5.41) is 11.0. The normalized spacial score (nSPS) is 10.5. The maximum atomic E-state index is 12.7. The molecule has 0 aliphatic rings. The molecule has 0 radical (unpaired) electrons. The number of hydrogen-bond acceptors (Lipinski definition) is 6. The lowest BCUT2D eigenvalue weighted by atomic mass is 10.2. The summed E-state index contributed by atoms with van der Waals surface area (Å²) in [6.07, 6.45) is 0. The molecule has 8 heteroatoms. The van der Waals surface area contributed by atoms with Crippen LogP contribution < -0.4 is 14.8 Å². The molecule has 0 fully saturated rings. The molecule has 1 aromatic heterocycles. The maximum absolute atomic E-state index is 12.7. The van der Waals surface area contributed by atoms with Crippen molar-refractivity contribution in [3.8, 4) is 17.2 Å². The zero-order valence-electron chi connectivity index (χ0n) is 16.0. The molecule has 1 N–H and O–H groups in total. The van der Waals surface area contributed by atoms with Crippen LogP contribution in [-0.4, -0.2) is 41.7 Å². The Morgan fingerprint density at radius 1 is 1.04 bits per heavy atom. The van der Waals surface area contributed by atoms with Crippen molar-refractivity contribution in [1.82, 2.24) is 15.0 Å². The fourth-order valence-corrected chi connectivity index (χ4v) is 2.67. The van der Waals surface area contributed by atoms with Gasteiger partial charge in [0.05, 0.1) is 26.0 Å². The van der Waals surface area contributed by atoms with Crippen molar-refractivity contribution in [2.24, 2.45) is 0 Å². The number of carbonyl (C=O) groups is 1. The number of amides is 1. The van der Waals surface area contributed by atoms with E-state index in [0.29, 0.717) is 18.0 Å². The fourth-order valence-electron chi connectivity index (χ4n) is 2.67. The lowest BCUT2D eigenvalue weighted by molar-refractivity contribution is 0.101. The van der Waals surface area contributed by atoms with Gasteiger partial charge in [0.2, 0.25) is 0 Å². The first-order valence-corrected chi connectivity index (χ1v) is 8.78. The van der Waals surface area contributed by atoms with Crippen LogP contribution in [0.15, 0.2) is 48.5 Å². The molecule has 0 aliphatic heterocycles. The molecule has 0 saturated carbocycles. The Hall–Kier alpha value is -3.39. The highest BCUT2D eigenvalue weighted by atomic mass is 16.5. The van der Waals surface area contributed by atoms with E-state index in [2.05, 4.69) is 15.6 Å². The third-order valence-corrected chi connectivity index (χ3v) is 4.00. The van der Waals surface area contributed by atoms with E-state index in [1.807, 2.05) is 31.2 Å². The second-order valence-electron chi connectivity index (χ2n) is 5.84. The van der Waals surface area contributed by atoms with Gasteiger partial charge in [-0.1, -0.05) is 5.21 Å². The first kappa shape index (κ1) is 19.4. The number of aromatic nitrogens is 3. The molecule has 0 saturated heterocycles. The minimum Gasteiger partial charge on any atom is -0.497 e. The molecular formula is C20H22N4O4. The van der Waals surface area contributed by atoms with Crippen LogP contribution in [0.1, 0.15) is 23.1 Å². The van der Waals surface area contributed by atoms with Crippen LogP contribution in [0.5, 0.6) is 11.5 Å². The number of benzene rings is 2. The SMILES string of the molecule is CCOc1ccc(NC(=O)c2nnn(-c3ccc(OC)cc3)c2COC)cc1. The second kappa shape index (κ2) is 9.01. The van der Waals surface area contributed by atoms with Crippen LogP contribution in [0, 0.1) is 0 Å². The van der Waals surface area contributed by atoms with E-state index in [1.54, 1.807) is 43.2 Å². The molecular weight excluding hydrogens is 360 g/mol. The first-order chi connectivity index (χ1) is 13.7. The van der Waals surface area contributed by atoms with E-state index < -0.39 is 0 Å². The average molecular weight is 382 g/mol. The molecule has 146 valence electrons. The average Bonchev–Trinajstić information content (AvgIpc) is 3.14. The third kappa shape index (κ3) is 4.29. The smallest absolute Gasteiger partial charge is 0.278 e. The number of carbonyl (C=O) groups excluding carboxylic acids is 1. The Bertz CT molecular complexity index is 920. The van der Waals surface area contributed by atoms with Gasteiger partial charge in [-0.2, -0.15) is 0 Å². The van der Waals surface area contributed by atoms with Gasteiger partial charge in [-0.05, 0) is 55.5 Å². The molecule has 28 heavy (non-hydrogen) atoms. The Kier molecular flexibility index (Phi) is 6.23. The van der Waals surface area contributed by atoms with Gasteiger partial charge in [-0.15, -0.1) is 5.10 Å². The van der Waals surface area contributed by atoms with Crippen LogP contribution in [0.25, 0.3) is 5.69 Å². The lowest BCUT2D eigenvalue weighted by Gasteiger charge is -2.09. The van der Waals surface area contributed by atoms with Crippen molar-refractivity contribution >= 4 is 11.6 Å². The summed E-state index contributed by atoms with van der Waals surface area (Å²) in [6, 6.07) is 14.4. The highest BCUT2D eigenvalue weighted by Crippen LogP contribution is 2.20. The molecule has 0 spiro atoms. The van der Waals surface area contributed by atoms with Gasteiger partial charge in [-0.25, -0.2) is 4.68 Å². The molecule has 1 amide bonds. The highest BCUT2D eigenvalue weighted by molar-refractivity contribution is 6.03. The van der Waals surface area contributed by atoms with Crippen molar-refractivity contribution in [1.29, 1.82) is 0 Å². The predicted molar refractivity (Wildman–Crippen MR) is 104 cm³/mol. The minimum atomic E-state index is -0.365. The van der Waals surface area contributed by atoms with E-state index in [-0.39, 0.29) is 18.2 Å². The summed E-state index contributed by atoms with van der Waals surface area (Å²) in [7, 11) is 3.16. The Morgan fingerprint density at radius 2 is 1.71 bits per heavy atom. The minimum absolute atomic E-state index is 0.186. The lowest BCUT2D eigenvalue weighted by Crippen LogP contribution is -2.16. The zero-order chi connectivity index (χ0) is 19.9. The summed E-state index contributed by atoms with van der Waals surface area (Å²) < 4.78 is 17.4. The molecule has 8 nitrogen and oxygen atoms in total. The summed E-state index contributed by atoms with van der Waals surface area (Å²) in [6.45, 7) is 2.69. The highest BCUT2D eigenvalue weighted by Gasteiger charge is 2.21. The quantitative estimate of drug-likeness (QED) is 0.644. The molecule has 3 rings (SSSR count). The van der Waals surface area contributed by atoms with Crippen LogP contribution in [0.4, 0.5) is 5.69 Å². The number of ether oxygens (including phenoxy) is 3. The molecule has 0 aliphatic carbocycles. The van der Waals surface area contributed by atoms with Crippen molar-refractivity contribution in [2.45, 2.75) is 13.5 Å². The van der Waals surface area contributed by atoms with E-state index in [1.165, 1.54) is 0 Å². The number of nitrogens with zero attached hydrogens (tertiary/aromatic N) is 3. The largest absolute Gasteiger partial charge is 0.497 e. The van der Waals surface area contributed by atoms with Gasteiger partial charge in [0.1, 0.15) is 17.2 Å². The van der Waals surface area contributed by atoms with E-state index in [9.17, 15) is 4.79 Å². The topological polar surface area (TPSA) is 87.5 Å². The molecule has 0 bridgehead atoms. The van der Waals surface area contributed by atoms with Gasteiger partial charge in [-0.3, -0.25) is 4.79 Å². The van der Waals surface area contributed by atoms with E-state index >= 15 is 0 Å². The van der Waals surface area contributed by atoms with Crippen molar-refractivity contribution in [2.75, 3.05) is 26.1 Å². The van der Waals surface area contributed by atoms with E-state index in [0.717, 1.165) is 17.2 Å². The summed E-state index contributed by atoms with van der Waals surface area (Å²) in [4.78, 5) is 12.7. The van der Waals surface area contributed by atoms with Gasteiger partial charge in [0, 0.05) is 12.8 Å². The molecule has 2 aromatic carbocycles. The number of methoxy groups -OCH3 is 2. The van der Waals surface area contributed by atoms with Gasteiger partial charge < -0.3 is 19.5 Å². The van der Waals surface area contributed by atoms with Gasteiger partial charge >= 0.3 is 0 Å². The van der Waals surface area contributed by atoms with Crippen LogP contribution >= 0.6 is 0 Å². The summed E-state index contributed by atoms with van der Waals surface area (Å²) in [5.41, 5.74) is 2.14. The van der Waals surface area contributed by atoms with E-state index in [4.69, 9.17) is 14.2 Å². The van der Waals surface area contributed by atoms with Crippen molar-refractivity contribution in [3.63, 3.8) is 0 Å². The van der Waals surface area contributed by atoms with Crippen molar-refractivity contribution in [3.05, 3.63) is 59.9 Å². The van der Waals surface area contributed by atoms with Crippen LogP contribution in [0.2, 0.25) is 0 Å². The molecule has 0 atom stereocenters. The first-order valence-electron chi connectivity index (χ1n) is 8.78. The summed E-state index contributed by atoms with van der Waals surface area (Å²) in [5.74, 6) is 1.10. The number of anilines is 1. The predicted octanol–water partition coefficient (Wildman–Crippen LogP) is 3.07. The molecule has 0 unspecified atom stereocenters. The molecule has 3 aromatic rings. The van der Waals surface area contributed by atoms with Gasteiger partial charge in [0.15, 0.2) is 5.69 Å². The fraction of sp³-hybridized carbons (Fsp3) is 0.250. The monoisotopic (exact) mass is 382 g/mol. The zero-order valence-corrected chi connectivity index (χ0v) is 16.0. The van der Waals surface area contributed by atoms with Gasteiger partial charge in [0.25, 0.3) is 5.91 Å². The Morgan fingerprint density at radius 3 is 2.32 bits per heavy atom. The Balaban J connectivity index is 1.84. The van der Waals surface area contributed by atoms with Crippen LogP contribution in [0.3, 0.4) is 0 Å². The third-order valence-electron chi connectivity index (χ3n) is 4.00. The summed E-state index contributed by atoms with van der Waals surface area (Å²) >= 11 is 0.